The average molecular weight is 1850 g/mol. The van der Waals surface area contributed by atoms with Crippen LogP contribution >= 0.6 is 0 Å². The van der Waals surface area contributed by atoms with Gasteiger partial charge in [-0.3, -0.25) is 15.0 Å². The largest absolute Gasteiger partial charge is 0.463 e. The van der Waals surface area contributed by atoms with Crippen molar-refractivity contribution < 1.29 is 57.4 Å². The van der Waals surface area contributed by atoms with E-state index in [1.807, 2.05) is 244 Å². The molecular weight excluding hydrogens is 1780 g/mol. The molecule has 0 fully saturated rings. The lowest BCUT2D eigenvalue weighted by Gasteiger charge is -2.21. The van der Waals surface area contributed by atoms with Gasteiger partial charge < -0.3 is 9.47 Å². The Hall–Kier alpha value is -20.6. The maximum Gasteiger partial charge on any atom is 0.242 e. The Bertz CT molecular complexity index is 8040. The number of isocyanates is 10. The topological polar surface area (TPSA) is 403 Å². The van der Waals surface area contributed by atoms with E-state index < -0.39 is 5.54 Å². The minimum atomic E-state index is -0.679. The SMILES string of the molecule is C=C(C)OCOc1ccccc1C(C)(C)N=C=O.C=Cc1ccc2c(N=C=O)cccc2n1.O=C=Nc1c2ccccc2nc2ccccc12.O=C=Nc1cc2ccccc2c2ccccc12.O=C=Nc1cccc2cc3ccccc3cc12.O=C=Nc1cccc2nc3ccccc3cc12.O=C=Nc1cccc2ncccc12.O=C=Nc1ccccn1.O=C=Nc1cccnc1.O=C=Nc1ccncc1. The van der Waals surface area contributed by atoms with Crippen LogP contribution in [0, 0.1) is 0 Å². The molecule has 0 radical (unpaired) electrons. The smallest absolute Gasteiger partial charge is 0.242 e. The van der Waals surface area contributed by atoms with Crippen molar-refractivity contribution in [2.24, 2.45) is 49.9 Å². The second-order valence-corrected chi connectivity index (χ2v) is 29.3. The molecule has 20 aromatic rings. The number of hydrogen-bond acceptors (Lipinski definition) is 29. The van der Waals surface area contributed by atoms with Crippen LogP contribution in [0.15, 0.2) is 440 Å². The molecule has 682 valence electrons. The Morgan fingerprint density at radius 3 is 1.36 bits per heavy atom. The zero-order valence-corrected chi connectivity index (χ0v) is 75.4. The Morgan fingerprint density at radius 2 is 0.766 bits per heavy atom. The maximum absolute atomic E-state index is 10.5. The third-order valence-electron chi connectivity index (χ3n) is 20.0. The highest BCUT2D eigenvalue weighted by Crippen LogP contribution is 2.38. The summed E-state index contributed by atoms with van der Waals surface area (Å²) >= 11 is 0. The second kappa shape index (κ2) is 53.8. The first-order valence-electron chi connectivity index (χ1n) is 42.4. The standard InChI is InChI=1S/2C15H9NO.2C14H8N2O.C14H17NO3.C12H8N2O.C10H6N2O.3C6H4N2O/c17-10-16-15-9-11-5-1-2-6-12(11)13-7-3-4-8-14(13)15;17-10-16-15-7-3-6-13-8-11-4-1-2-5-12(11)9-14(13)15;17-9-15-14-10-5-1-3-7-12(10)16-13-8-4-2-6-11(13)14;17-9-15-13-6-3-7-14-11(13)8-10-4-1-2-5-12(10)16-14;1-11(2)17-10-18-13-8-6-5-7-12(13)14(3,4)15-9-16;1-2-9-6-7-10-11(13-8-15)4-3-5-12(10)14-9;13-7-12-10-5-1-4-9-8(10)3-2-6-11-9;9-5-8-6-1-3-7-4-2-6;9-5-8-6-2-1-3-7-4-6;9-5-8-6-3-1-2-4-7-6/h2*1-9H;2*1-8H;5-8H,1,10H2,2-4H3;2-7H,1H2;1-6H;3*1-4H. The quantitative estimate of drug-likeness (QED) is 0.0216. The number of pyridine rings is 7. The first-order chi connectivity index (χ1) is 69.1. The predicted octanol–water partition coefficient (Wildman–Crippen LogP) is 26.0. The summed E-state index contributed by atoms with van der Waals surface area (Å²) in [6.07, 6.45) is 26.5. The lowest BCUT2D eigenvalue weighted by Crippen LogP contribution is -2.16. The zero-order chi connectivity index (χ0) is 99.6. The molecule has 7 aromatic heterocycles. The van der Waals surface area contributed by atoms with Gasteiger partial charge in [-0.05, 0) is 211 Å². The highest BCUT2D eigenvalue weighted by Gasteiger charge is 2.24. The highest BCUT2D eigenvalue weighted by atomic mass is 16.7. The molecule has 0 atom stereocenters. The Balaban J connectivity index is 0.000000151. The number of para-hydroxylation sites is 4. The van der Waals surface area contributed by atoms with E-state index in [1.54, 1.807) is 147 Å². The third-order valence-corrected chi connectivity index (χ3v) is 20.0. The van der Waals surface area contributed by atoms with Crippen LogP contribution in [0.5, 0.6) is 5.75 Å². The zero-order valence-electron chi connectivity index (χ0n) is 75.4. The van der Waals surface area contributed by atoms with E-state index in [2.05, 4.69) is 128 Å². The van der Waals surface area contributed by atoms with Gasteiger partial charge in [-0.25, -0.2) is 67.9 Å². The monoisotopic (exact) mass is 1850 g/mol. The number of aliphatic imine (C=N–C) groups is 10. The van der Waals surface area contributed by atoms with E-state index in [0.29, 0.717) is 62.8 Å². The van der Waals surface area contributed by atoms with Crippen molar-refractivity contribution in [3.05, 3.63) is 401 Å². The van der Waals surface area contributed by atoms with Gasteiger partial charge in [-0.2, -0.15) is 44.9 Å². The molecule has 20 rings (SSSR count). The number of benzene rings is 13. The van der Waals surface area contributed by atoms with Crippen molar-refractivity contribution in [3.8, 4) is 5.75 Å². The number of ether oxygens (including phenoxy) is 2. The number of fused-ring (bicyclic) bond motifs is 11. The number of nitrogens with zero attached hydrogens (tertiary/aromatic N) is 17. The average Bonchev–Trinajstić information content (AvgIpc) is 0.778. The van der Waals surface area contributed by atoms with Crippen LogP contribution in [0.1, 0.15) is 32.0 Å². The number of carbonyl (C=O) groups excluding carboxylic acids is 10. The molecule has 0 saturated carbocycles. The molecule has 0 unspecified atom stereocenters. The maximum atomic E-state index is 10.5. The van der Waals surface area contributed by atoms with Crippen LogP contribution in [-0.4, -0.2) is 102 Å². The fourth-order valence-corrected chi connectivity index (χ4v) is 13.7. The lowest BCUT2D eigenvalue weighted by atomic mass is 9.94. The second-order valence-electron chi connectivity index (χ2n) is 29.3. The summed E-state index contributed by atoms with van der Waals surface area (Å²) < 4.78 is 10.7. The number of allylic oxidation sites excluding steroid dienone is 1. The van der Waals surface area contributed by atoms with Gasteiger partial charge in [0.2, 0.25) is 67.6 Å². The van der Waals surface area contributed by atoms with Crippen LogP contribution in [-0.2, 0) is 58.2 Å². The molecule has 0 spiro atoms. The minimum Gasteiger partial charge on any atom is -0.463 e. The van der Waals surface area contributed by atoms with Crippen molar-refractivity contribution in [2.45, 2.75) is 26.3 Å². The predicted molar refractivity (Wildman–Crippen MR) is 547 cm³/mol. The fraction of sp³-hybridized carbons (Fsp3) is 0.0446. The van der Waals surface area contributed by atoms with Crippen molar-refractivity contribution >= 4 is 227 Å². The van der Waals surface area contributed by atoms with Gasteiger partial charge in [0.1, 0.15) is 5.75 Å². The molecule has 0 aliphatic rings. The minimum absolute atomic E-state index is 0.0766. The third kappa shape index (κ3) is 29.2. The Labute approximate surface area is 804 Å². The van der Waals surface area contributed by atoms with Crippen LogP contribution in [0.3, 0.4) is 0 Å². The Morgan fingerprint density at radius 1 is 0.319 bits per heavy atom. The molecule has 29 nitrogen and oxygen atoms in total. The molecule has 0 aliphatic carbocycles. The first kappa shape index (κ1) is 101. The van der Waals surface area contributed by atoms with E-state index in [4.69, 9.17) is 9.47 Å². The summed E-state index contributed by atoms with van der Waals surface area (Å²) in [6.45, 7) is 12.7. The van der Waals surface area contributed by atoms with Crippen LogP contribution in [0.2, 0.25) is 0 Å². The van der Waals surface area contributed by atoms with Crippen molar-refractivity contribution in [1.82, 2.24) is 34.9 Å². The van der Waals surface area contributed by atoms with Gasteiger partial charge >= 0.3 is 0 Å². The molecule has 29 heteroatoms. The lowest BCUT2D eigenvalue weighted by molar-refractivity contribution is 0.0612. The van der Waals surface area contributed by atoms with E-state index in [0.717, 1.165) is 109 Å². The number of aromatic nitrogens is 7. The number of rotatable bonds is 16. The molecule has 0 N–H and O–H groups in total. The summed E-state index contributed by atoms with van der Waals surface area (Å²) in [6, 6.07) is 104. The van der Waals surface area contributed by atoms with Crippen molar-refractivity contribution in [2.75, 3.05) is 6.79 Å². The van der Waals surface area contributed by atoms with E-state index in [9.17, 15) is 47.9 Å². The number of hydrogen-bond donors (Lipinski definition) is 0. The van der Waals surface area contributed by atoms with Gasteiger partial charge in [0.25, 0.3) is 0 Å². The van der Waals surface area contributed by atoms with Gasteiger partial charge in [-0.15, -0.1) is 4.99 Å². The van der Waals surface area contributed by atoms with Crippen LogP contribution in [0.25, 0.3) is 115 Å². The van der Waals surface area contributed by atoms with Crippen molar-refractivity contribution in [1.29, 1.82) is 0 Å². The van der Waals surface area contributed by atoms with Gasteiger partial charge in [0.15, 0.2) is 5.82 Å². The summed E-state index contributed by atoms with van der Waals surface area (Å²) in [5, 5.41) is 14.1. The summed E-state index contributed by atoms with van der Waals surface area (Å²) in [4.78, 5) is 166. The van der Waals surface area contributed by atoms with Crippen molar-refractivity contribution in [3.63, 3.8) is 0 Å². The molecular formula is C112H77N17O12. The normalized spacial score (nSPS) is 9.75. The molecule has 7 heterocycles. The van der Waals surface area contributed by atoms with E-state index in [1.165, 1.54) is 47.4 Å². The van der Waals surface area contributed by atoms with E-state index in [-0.39, 0.29) is 6.79 Å². The molecule has 0 aliphatic heterocycles. The molecule has 0 amide bonds. The summed E-state index contributed by atoms with van der Waals surface area (Å²) in [7, 11) is 0. The van der Waals surface area contributed by atoms with Gasteiger partial charge in [-0.1, -0.05) is 195 Å². The van der Waals surface area contributed by atoms with Crippen LogP contribution in [0.4, 0.5) is 51.3 Å². The first-order valence-corrected chi connectivity index (χ1v) is 42.4. The Kier molecular flexibility index (Phi) is 38.5. The fourth-order valence-electron chi connectivity index (χ4n) is 13.7. The molecule has 0 bridgehead atoms. The molecule has 0 saturated heterocycles. The molecule has 141 heavy (non-hydrogen) atoms. The van der Waals surface area contributed by atoms with E-state index >= 15 is 0 Å². The highest BCUT2D eigenvalue weighted by molar-refractivity contribution is 6.13. The summed E-state index contributed by atoms with van der Waals surface area (Å²) in [5.74, 6) is 1.60. The van der Waals surface area contributed by atoms with Crippen LogP contribution < -0.4 is 4.74 Å². The summed E-state index contributed by atoms with van der Waals surface area (Å²) in [5.41, 5.74) is 10.9. The van der Waals surface area contributed by atoms with Gasteiger partial charge in [0.05, 0.1) is 102 Å². The van der Waals surface area contributed by atoms with Gasteiger partial charge in [0, 0.05) is 79.6 Å². The molecule has 13 aromatic carbocycles.